The third kappa shape index (κ3) is 5.89. The molecular weight excluding hydrogens is 479 g/mol. The molecule has 0 saturated heterocycles. The maximum Gasteiger partial charge on any atom is 0.407 e. The molecule has 4 rings (SSSR count). The third-order valence-corrected chi connectivity index (χ3v) is 10.2. The minimum absolute atomic E-state index is 0.0163. The largest absolute Gasteiger partial charge is 0.445 e. The van der Waals surface area contributed by atoms with Crippen molar-refractivity contribution in [3.63, 3.8) is 0 Å². The average molecular weight is 507 g/mol. The minimum atomic E-state index is -2.77. The van der Waals surface area contributed by atoms with Crippen LogP contribution in [0.2, 0.25) is 0 Å². The van der Waals surface area contributed by atoms with Crippen LogP contribution in [0.25, 0.3) is 0 Å². The lowest BCUT2D eigenvalue weighted by atomic mass is 10.2. The van der Waals surface area contributed by atoms with Crippen LogP contribution in [0.15, 0.2) is 121 Å². The zero-order valence-electron chi connectivity index (χ0n) is 20.3. The van der Waals surface area contributed by atoms with E-state index in [9.17, 15) is 14.9 Å². The first-order chi connectivity index (χ1) is 18.2. The predicted octanol–water partition coefficient (Wildman–Crippen LogP) is 4.56. The Labute approximate surface area is 217 Å². The summed E-state index contributed by atoms with van der Waals surface area (Å²) in [6.45, 7) is -2.57. The standard InChI is InChI=1S/C31H27N2O3P/c32-23-30(29(34)21-22-33-31(35)36-24-25-13-5-1-6-14-25)37(26-15-7-2-8-16-26,27-17-9-3-10-18-27)28-19-11-4-12-20-28/h1-20H,21-22,24H2,(H,33,35). The Hall–Kier alpha value is -4.39. The van der Waals surface area contributed by atoms with Crippen LogP contribution in [0, 0.1) is 11.3 Å². The summed E-state index contributed by atoms with van der Waals surface area (Å²) >= 11 is 0. The van der Waals surface area contributed by atoms with Gasteiger partial charge in [-0.2, -0.15) is 5.26 Å². The van der Waals surface area contributed by atoms with Gasteiger partial charge in [0.15, 0.2) is 5.78 Å². The van der Waals surface area contributed by atoms with E-state index in [0.29, 0.717) is 0 Å². The Kier molecular flexibility index (Phi) is 8.70. The van der Waals surface area contributed by atoms with Gasteiger partial charge >= 0.3 is 6.09 Å². The van der Waals surface area contributed by atoms with Crippen molar-refractivity contribution in [2.24, 2.45) is 0 Å². The number of rotatable bonds is 9. The molecule has 1 N–H and O–H groups in total. The second-order valence-corrected chi connectivity index (χ2v) is 11.6. The first kappa shape index (κ1) is 25.7. The number of hydrogen-bond acceptors (Lipinski definition) is 4. The zero-order chi connectivity index (χ0) is 25.9. The molecule has 0 spiro atoms. The number of amides is 1. The van der Waals surface area contributed by atoms with Gasteiger partial charge in [-0.3, -0.25) is 4.79 Å². The Morgan fingerprint density at radius 3 is 1.57 bits per heavy atom. The highest BCUT2D eigenvalue weighted by Crippen LogP contribution is 2.46. The molecule has 0 atom stereocenters. The molecule has 0 saturated carbocycles. The lowest BCUT2D eigenvalue weighted by Crippen LogP contribution is -2.34. The van der Waals surface area contributed by atoms with Gasteiger partial charge in [0.1, 0.15) is 18.0 Å². The third-order valence-electron chi connectivity index (χ3n) is 5.97. The average Bonchev–Trinajstić information content (AvgIpc) is 2.96. The second kappa shape index (κ2) is 12.5. The van der Waals surface area contributed by atoms with Crippen molar-refractivity contribution < 1.29 is 14.3 Å². The van der Waals surface area contributed by atoms with Crippen LogP contribution in [0.3, 0.4) is 0 Å². The van der Waals surface area contributed by atoms with Crippen molar-refractivity contribution in [1.82, 2.24) is 5.32 Å². The summed E-state index contributed by atoms with van der Waals surface area (Å²) in [5.74, 6) is -0.296. The molecule has 0 heterocycles. The summed E-state index contributed by atoms with van der Waals surface area (Å²) in [7, 11) is 0. The lowest BCUT2D eigenvalue weighted by Gasteiger charge is -2.30. The predicted molar refractivity (Wildman–Crippen MR) is 150 cm³/mol. The maximum atomic E-state index is 13.7. The zero-order valence-corrected chi connectivity index (χ0v) is 21.2. The molecule has 37 heavy (non-hydrogen) atoms. The van der Waals surface area contributed by atoms with Gasteiger partial charge in [0, 0.05) is 13.0 Å². The Balaban J connectivity index is 1.68. The van der Waals surface area contributed by atoms with E-state index in [0.717, 1.165) is 21.5 Å². The fourth-order valence-electron chi connectivity index (χ4n) is 4.28. The molecule has 0 aliphatic rings. The molecule has 0 bridgehead atoms. The van der Waals surface area contributed by atoms with Gasteiger partial charge in [-0.15, -0.1) is 0 Å². The molecule has 4 aromatic rings. The number of hydrogen-bond donors (Lipinski definition) is 1. The van der Waals surface area contributed by atoms with Crippen molar-refractivity contribution in [3.05, 3.63) is 127 Å². The van der Waals surface area contributed by atoms with Crippen molar-refractivity contribution in [2.45, 2.75) is 13.0 Å². The van der Waals surface area contributed by atoms with Crippen molar-refractivity contribution >= 4 is 40.0 Å². The fourth-order valence-corrected chi connectivity index (χ4v) is 8.45. The number of ketones is 1. The van der Waals surface area contributed by atoms with E-state index in [1.165, 1.54) is 0 Å². The first-order valence-corrected chi connectivity index (χ1v) is 13.8. The number of nitriles is 1. The van der Waals surface area contributed by atoms with Crippen molar-refractivity contribution in [3.8, 4) is 6.07 Å². The van der Waals surface area contributed by atoms with Crippen LogP contribution in [0.5, 0.6) is 0 Å². The topological polar surface area (TPSA) is 79.2 Å². The number of carbonyl (C=O) groups excluding carboxylic acids is 2. The second-order valence-electron chi connectivity index (χ2n) is 8.30. The van der Waals surface area contributed by atoms with Crippen LogP contribution in [0.1, 0.15) is 12.0 Å². The van der Waals surface area contributed by atoms with Gasteiger partial charge in [0.05, 0.1) is 0 Å². The van der Waals surface area contributed by atoms with Crippen LogP contribution in [-0.2, 0) is 16.1 Å². The molecule has 184 valence electrons. The molecule has 4 aromatic carbocycles. The van der Waals surface area contributed by atoms with E-state index >= 15 is 0 Å². The number of alkyl carbamates (subject to hydrolysis) is 1. The number of Topliss-reactive ketones (excluding diaryl/α,β-unsaturated/α-hetero) is 1. The molecule has 0 radical (unpaired) electrons. The highest BCUT2D eigenvalue weighted by Gasteiger charge is 2.33. The molecule has 0 unspecified atom stereocenters. The van der Waals surface area contributed by atoms with Gasteiger partial charge in [0.2, 0.25) is 0 Å². The maximum absolute atomic E-state index is 13.7. The number of nitrogens with zero attached hydrogens (tertiary/aromatic N) is 1. The van der Waals surface area contributed by atoms with Crippen LogP contribution in [0.4, 0.5) is 4.79 Å². The molecule has 5 nitrogen and oxygen atoms in total. The van der Waals surface area contributed by atoms with E-state index in [4.69, 9.17) is 4.74 Å². The summed E-state index contributed by atoms with van der Waals surface area (Å²) < 4.78 is 5.25. The number of carbonyl (C=O) groups is 2. The molecule has 0 aliphatic heterocycles. The molecular formula is C31H27N2O3P. The quantitative estimate of drug-likeness (QED) is 0.338. The van der Waals surface area contributed by atoms with E-state index in [2.05, 4.69) is 11.4 Å². The SMILES string of the molecule is N#CC(C(=O)CCNC(=O)OCc1ccccc1)=P(c1ccccc1)(c1ccccc1)c1ccccc1. The summed E-state index contributed by atoms with van der Waals surface area (Å²) in [5, 5.41) is 16.1. The minimum Gasteiger partial charge on any atom is -0.445 e. The van der Waals surface area contributed by atoms with Gasteiger partial charge < -0.3 is 10.1 Å². The Morgan fingerprint density at radius 2 is 1.14 bits per heavy atom. The van der Waals surface area contributed by atoms with Gasteiger partial charge in [-0.25, -0.2) is 4.79 Å². The van der Waals surface area contributed by atoms with Gasteiger partial charge in [-0.05, 0) is 28.4 Å². The molecule has 0 aliphatic carbocycles. The van der Waals surface area contributed by atoms with Gasteiger partial charge in [0.25, 0.3) is 0 Å². The lowest BCUT2D eigenvalue weighted by molar-refractivity contribution is -0.112. The normalized spacial score (nSPS) is 10.7. The molecule has 6 heteroatoms. The van der Waals surface area contributed by atoms with Crippen LogP contribution >= 0.6 is 6.89 Å². The first-order valence-electron chi connectivity index (χ1n) is 12.0. The van der Waals surface area contributed by atoms with Crippen LogP contribution < -0.4 is 21.2 Å². The Morgan fingerprint density at radius 1 is 0.703 bits per heavy atom. The highest BCUT2D eigenvalue weighted by atomic mass is 31.2. The van der Waals surface area contributed by atoms with E-state index in [1.54, 1.807) is 0 Å². The molecule has 1 amide bonds. The van der Waals surface area contributed by atoms with Crippen molar-refractivity contribution in [1.29, 1.82) is 5.26 Å². The van der Waals surface area contributed by atoms with Gasteiger partial charge in [-0.1, -0.05) is 121 Å². The summed E-state index contributed by atoms with van der Waals surface area (Å²) in [5.41, 5.74) is 0.872. The van der Waals surface area contributed by atoms with E-state index in [1.807, 2.05) is 121 Å². The summed E-state index contributed by atoms with van der Waals surface area (Å²) in [4.78, 5) is 25.9. The monoisotopic (exact) mass is 506 g/mol. The Bertz CT molecular complexity index is 1330. The molecule has 0 aromatic heterocycles. The number of ether oxygens (including phenoxy) is 1. The van der Waals surface area contributed by atoms with E-state index < -0.39 is 13.0 Å². The van der Waals surface area contributed by atoms with Crippen LogP contribution in [-0.4, -0.2) is 23.7 Å². The number of nitrogens with one attached hydrogen (secondary N) is 1. The van der Waals surface area contributed by atoms with E-state index in [-0.39, 0.29) is 30.6 Å². The summed E-state index contributed by atoms with van der Waals surface area (Å²) in [6, 6.07) is 40.9. The smallest absolute Gasteiger partial charge is 0.407 e. The summed E-state index contributed by atoms with van der Waals surface area (Å²) in [6.07, 6.45) is -0.622. The van der Waals surface area contributed by atoms with Crippen molar-refractivity contribution in [2.75, 3.05) is 6.54 Å². The number of benzene rings is 4. The highest BCUT2D eigenvalue weighted by molar-refractivity contribution is 7.96. The fraction of sp³-hybridized carbons (Fsp3) is 0.0968. The molecule has 0 fully saturated rings.